The van der Waals surface area contributed by atoms with Gasteiger partial charge in [0.15, 0.2) is 0 Å². The number of aromatic amines is 1. The van der Waals surface area contributed by atoms with E-state index in [1.807, 2.05) is 0 Å². The van der Waals surface area contributed by atoms with Crippen molar-refractivity contribution in [2.75, 3.05) is 0 Å². The average molecular weight is 546 g/mol. The predicted octanol–water partition coefficient (Wildman–Crippen LogP) is 12.9. The number of hydrogen-bond donors (Lipinski definition) is 1. The largest absolute Gasteiger partial charge is 0.257 e. The molecule has 0 aliphatic rings. The first-order valence-electron chi connectivity index (χ1n) is 18.3. The lowest BCUT2D eigenvalue weighted by Crippen LogP contribution is -2.41. The minimum absolute atomic E-state index is 0.621. The zero-order valence-electron chi connectivity index (χ0n) is 27.6. The van der Waals surface area contributed by atoms with E-state index >= 15 is 0 Å². The van der Waals surface area contributed by atoms with E-state index in [9.17, 15) is 0 Å². The van der Waals surface area contributed by atoms with Crippen LogP contribution >= 0.6 is 0 Å². The normalized spacial score (nSPS) is 13.2. The highest BCUT2D eigenvalue weighted by Crippen LogP contribution is 2.27. The summed E-state index contributed by atoms with van der Waals surface area (Å²) in [6.07, 6.45) is 44.3. The molecular formula is C37H73N2+. The van der Waals surface area contributed by atoms with Crippen LogP contribution in [-0.2, 0) is 0 Å². The molecule has 1 aromatic heterocycles. The number of hydrogen-bond acceptors (Lipinski definition) is 0. The lowest BCUT2D eigenvalue weighted by atomic mass is 9.93. The van der Waals surface area contributed by atoms with Gasteiger partial charge >= 0.3 is 0 Å². The van der Waals surface area contributed by atoms with Crippen LogP contribution in [0.5, 0.6) is 0 Å². The maximum absolute atomic E-state index is 3.70. The summed E-state index contributed by atoms with van der Waals surface area (Å²) in [6, 6.07) is 0.621. The fraction of sp³-hybridized carbons (Fsp3) is 0.919. The summed E-state index contributed by atoms with van der Waals surface area (Å²) in [5, 5.41) is 0. The van der Waals surface area contributed by atoms with Crippen LogP contribution < -0.4 is 4.57 Å². The van der Waals surface area contributed by atoms with E-state index in [1.54, 1.807) is 0 Å². The minimum atomic E-state index is 0.621. The second-order valence-electron chi connectivity index (χ2n) is 12.9. The van der Waals surface area contributed by atoms with Crippen LogP contribution in [0, 0.1) is 0 Å². The van der Waals surface area contributed by atoms with E-state index < -0.39 is 0 Å². The topological polar surface area (TPSA) is 19.7 Å². The molecule has 2 unspecified atom stereocenters. The first kappa shape index (κ1) is 36.2. The van der Waals surface area contributed by atoms with Gasteiger partial charge in [0.05, 0.1) is 12.0 Å². The zero-order valence-corrected chi connectivity index (χ0v) is 27.6. The molecule has 1 aromatic rings. The van der Waals surface area contributed by atoms with Crippen molar-refractivity contribution in [3.05, 3.63) is 18.2 Å². The molecule has 0 amide bonds. The summed E-state index contributed by atoms with van der Waals surface area (Å²) in [5.74, 6) is 2.23. The summed E-state index contributed by atoms with van der Waals surface area (Å²) in [5.41, 5.74) is 0. The molecule has 0 aliphatic heterocycles. The van der Waals surface area contributed by atoms with E-state index in [0.29, 0.717) is 12.0 Å². The Balaban J connectivity index is 2.22. The van der Waals surface area contributed by atoms with Crippen LogP contribution in [0.25, 0.3) is 0 Å². The molecule has 0 aliphatic carbocycles. The highest BCUT2D eigenvalue weighted by atomic mass is 15.1. The first-order valence-corrected chi connectivity index (χ1v) is 18.3. The van der Waals surface area contributed by atoms with Crippen LogP contribution in [0.15, 0.2) is 12.4 Å². The Labute approximate surface area is 246 Å². The van der Waals surface area contributed by atoms with E-state index in [-0.39, 0.29) is 0 Å². The number of H-pyrrole nitrogens is 1. The van der Waals surface area contributed by atoms with Crippen molar-refractivity contribution in [2.45, 2.75) is 219 Å². The van der Waals surface area contributed by atoms with Gasteiger partial charge in [-0.15, -0.1) is 0 Å². The van der Waals surface area contributed by atoms with Crippen molar-refractivity contribution in [2.24, 2.45) is 0 Å². The lowest BCUT2D eigenvalue weighted by Gasteiger charge is -2.17. The molecule has 0 saturated carbocycles. The number of imidazole rings is 1. The Morgan fingerprint density at radius 2 is 0.821 bits per heavy atom. The monoisotopic (exact) mass is 546 g/mol. The highest BCUT2D eigenvalue weighted by molar-refractivity contribution is 4.90. The van der Waals surface area contributed by atoms with Crippen LogP contribution in [0.4, 0.5) is 0 Å². The third kappa shape index (κ3) is 19.8. The van der Waals surface area contributed by atoms with E-state index in [4.69, 9.17) is 0 Å². The van der Waals surface area contributed by atoms with E-state index in [1.165, 1.54) is 186 Å². The van der Waals surface area contributed by atoms with Crippen molar-refractivity contribution >= 4 is 0 Å². The van der Waals surface area contributed by atoms with Crippen molar-refractivity contribution in [3.8, 4) is 0 Å². The Hall–Kier alpha value is -0.790. The summed E-state index contributed by atoms with van der Waals surface area (Å²) >= 11 is 0. The second kappa shape index (κ2) is 27.4. The van der Waals surface area contributed by atoms with E-state index in [0.717, 1.165) is 0 Å². The Morgan fingerprint density at radius 1 is 0.487 bits per heavy atom. The second-order valence-corrected chi connectivity index (χ2v) is 12.9. The zero-order chi connectivity index (χ0) is 28.2. The maximum Gasteiger partial charge on any atom is 0.257 e. The molecular weight excluding hydrogens is 472 g/mol. The summed E-state index contributed by atoms with van der Waals surface area (Å²) in [4.78, 5) is 3.70. The standard InChI is InChI=1S/C37H72N2/c1-5-8-11-13-15-16-17-18-19-20-21-22-24-25-28-30-35(4)39-34-33-38-37(39)36(31-27-10-7-3)32-29-26-23-14-12-9-6-2/h33-36H,5-32H2,1-4H3/p+1. The SMILES string of the molecule is CCCCCCCCCCCCCCCCCC(C)[n+]1cc[nH]c1C(CCCCC)CCCCCCCCC. The molecule has 1 rings (SSSR count). The third-order valence-electron chi connectivity index (χ3n) is 9.14. The van der Waals surface area contributed by atoms with Crippen molar-refractivity contribution < 1.29 is 4.57 Å². The maximum atomic E-state index is 3.70. The molecule has 0 radical (unpaired) electrons. The minimum Gasteiger partial charge on any atom is -0.247 e. The van der Waals surface area contributed by atoms with Gasteiger partial charge in [-0.3, -0.25) is 0 Å². The fourth-order valence-electron chi connectivity index (χ4n) is 6.43. The smallest absolute Gasteiger partial charge is 0.247 e. The van der Waals surface area contributed by atoms with Crippen molar-refractivity contribution in [3.63, 3.8) is 0 Å². The molecule has 230 valence electrons. The molecule has 0 fully saturated rings. The number of unbranched alkanes of at least 4 members (excludes halogenated alkanes) is 22. The van der Waals surface area contributed by atoms with Crippen LogP contribution in [0.2, 0.25) is 0 Å². The summed E-state index contributed by atoms with van der Waals surface area (Å²) < 4.78 is 2.61. The molecule has 2 heteroatoms. The average Bonchev–Trinajstić information content (AvgIpc) is 3.43. The summed E-state index contributed by atoms with van der Waals surface area (Å²) in [6.45, 7) is 9.41. The quantitative estimate of drug-likeness (QED) is 0.0732. The molecule has 0 bridgehead atoms. The van der Waals surface area contributed by atoms with E-state index in [2.05, 4.69) is 49.6 Å². The Kier molecular flexibility index (Phi) is 25.4. The van der Waals surface area contributed by atoms with Gasteiger partial charge in [-0.2, -0.15) is 0 Å². The number of nitrogens with zero attached hydrogens (tertiary/aromatic N) is 1. The number of nitrogens with one attached hydrogen (secondary N) is 1. The first-order chi connectivity index (χ1) is 19.2. The molecule has 2 nitrogen and oxygen atoms in total. The predicted molar refractivity (Wildman–Crippen MR) is 175 cm³/mol. The van der Waals surface area contributed by atoms with Gasteiger partial charge in [-0.05, 0) is 32.6 Å². The third-order valence-corrected chi connectivity index (χ3v) is 9.14. The van der Waals surface area contributed by atoms with Gasteiger partial charge in [-0.25, -0.2) is 9.55 Å². The van der Waals surface area contributed by atoms with Crippen molar-refractivity contribution in [1.29, 1.82) is 0 Å². The molecule has 0 aromatic carbocycles. The number of aromatic nitrogens is 2. The molecule has 2 atom stereocenters. The van der Waals surface area contributed by atoms with Crippen molar-refractivity contribution in [1.82, 2.24) is 4.98 Å². The molecule has 39 heavy (non-hydrogen) atoms. The number of rotatable bonds is 30. The fourth-order valence-corrected chi connectivity index (χ4v) is 6.43. The van der Waals surface area contributed by atoms with Gasteiger partial charge in [0, 0.05) is 0 Å². The van der Waals surface area contributed by atoms with Gasteiger partial charge in [-0.1, -0.05) is 175 Å². The molecule has 0 spiro atoms. The van der Waals surface area contributed by atoms with Crippen LogP contribution in [0.3, 0.4) is 0 Å². The van der Waals surface area contributed by atoms with Gasteiger partial charge < -0.3 is 0 Å². The Bertz CT molecular complexity index is 606. The Morgan fingerprint density at radius 3 is 1.26 bits per heavy atom. The highest BCUT2D eigenvalue weighted by Gasteiger charge is 2.25. The van der Waals surface area contributed by atoms with Crippen LogP contribution in [-0.4, -0.2) is 4.98 Å². The molecule has 0 saturated heterocycles. The molecule has 1 heterocycles. The van der Waals surface area contributed by atoms with Crippen LogP contribution in [0.1, 0.15) is 225 Å². The van der Waals surface area contributed by atoms with Gasteiger partial charge in [0.25, 0.3) is 5.82 Å². The van der Waals surface area contributed by atoms with Gasteiger partial charge in [0.1, 0.15) is 12.4 Å². The van der Waals surface area contributed by atoms with Gasteiger partial charge in [0.2, 0.25) is 0 Å². The summed E-state index contributed by atoms with van der Waals surface area (Å²) in [7, 11) is 0. The molecule has 1 N–H and O–H groups in total. The lowest BCUT2D eigenvalue weighted by molar-refractivity contribution is -0.727.